The first-order valence-electron chi connectivity index (χ1n) is 9.30. The highest BCUT2D eigenvalue weighted by Crippen LogP contribution is 2.44. The minimum atomic E-state index is -0.589. The Labute approximate surface area is 157 Å². The standard InChI is InChI=1S/C21H22FN3O2/c22-15-4-2-14(3-5-15)21(12-1-13-21)19(26)23-16-6-8-17(9-7-16)24-20(27)25-18-10-11-18/h2-9,18H,1,10-13H2,(H,23,26)(H2,24,25,27). The topological polar surface area (TPSA) is 70.2 Å². The first-order chi connectivity index (χ1) is 13.0. The number of nitrogens with one attached hydrogen (secondary N) is 3. The molecule has 5 nitrogen and oxygen atoms in total. The maximum Gasteiger partial charge on any atom is 0.319 e. The van der Waals surface area contributed by atoms with Gasteiger partial charge in [0.05, 0.1) is 5.41 Å². The maximum absolute atomic E-state index is 13.2. The van der Waals surface area contributed by atoms with Crippen molar-refractivity contribution in [3.8, 4) is 0 Å². The number of hydrogen-bond donors (Lipinski definition) is 3. The van der Waals surface area contributed by atoms with Crippen LogP contribution in [0.2, 0.25) is 0 Å². The van der Waals surface area contributed by atoms with E-state index in [1.165, 1.54) is 12.1 Å². The molecule has 0 saturated heterocycles. The zero-order valence-corrected chi connectivity index (χ0v) is 14.9. The van der Waals surface area contributed by atoms with E-state index >= 15 is 0 Å². The highest BCUT2D eigenvalue weighted by Gasteiger charge is 2.45. The van der Waals surface area contributed by atoms with Gasteiger partial charge in [-0.15, -0.1) is 0 Å². The Morgan fingerprint density at radius 1 is 0.889 bits per heavy atom. The quantitative estimate of drug-likeness (QED) is 0.742. The molecule has 2 fully saturated rings. The number of amides is 3. The average Bonchev–Trinajstić information content (AvgIpc) is 3.41. The van der Waals surface area contributed by atoms with Crippen molar-refractivity contribution < 1.29 is 14.0 Å². The van der Waals surface area contributed by atoms with E-state index in [1.54, 1.807) is 36.4 Å². The molecule has 6 heteroatoms. The van der Waals surface area contributed by atoms with Crippen molar-refractivity contribution >= 4 is 23.3 Å². The molecule has 3 N–H and O–H groups in total. The summed E-state index contributed by atoms with van der Waals surface area (Å²) in [6.07, 6.45) is 4.56. The third-order valence-corrected chi connectivity index (χ3v) is 5.35. The molecular formula is C21H22FN3O2. The van der Waals surface area contributed by atoms with Crippen molar-refractivity contribution in [1.29, 1.82) is 0 Å². The zero-order valence-electron chi connectivity index (χ0n) is 14.9. The van der Waals surface area contributed by atoms with Gasteiger partial charge in [0.2, 0.25) is 5.91 Å². The largest absolute Gasteiger partial charge is 0.335 e. The van der Waals surface area contributed by atoms with Crippen molar-refractivity contribution in [2.75, 3.05) is 10.6 Å². The Bertz CT molecular complexity index is 841. The summed E-state index contributed by atoms with van der Waals surface area (Å²) in [7, 11) is 0. The molecule has 4 rings (SSSR count). The van der Waals surface area contributed by atoms with E-state index in [0.29, 0.717) is 17.4 Å². The summed E-state index contributed by atoms with van der Waals surface area (Å²) < 4.78 is 13.2. The number of rotatable bonds is 5. The van der Waals surface area contributed by atoms with Gasteiger partial charge in [-0.25, -0.2) is 9.18 Å². The van der Waals surface area contributed by atoms with Gasteiger partial charge >= 0.3 is 6.03 Å². The second-order valence-corrected chi connectivity index (χ2v) is 7.35. The molecule has 0 heterocycles. The van der Waals surface area contributed by atoms with Gasteiger partial charge in [-0.05, 0) is 67.6 Å². The van der Waals surface area contributed by atoms with Crippen LogP contribution in [-0.4, -0.2) is 18.0 Å². The predicted octanol–water partition coefficient (Wildman–Crippen LogP) is 4.17. The van der Waals surface area contributed by atoms with Gasteiger partial charge < -0.3 is 16.0 Å². The van der Waals surface area contributed by atoms with Crippen molar-refractivity contribution in [1.82, 2.24) is 5.32 Å². The molecule has 2 aliphatic carbocycles. The molecule has 0 atom stereocenters. The molecule has 27 heavy (non-hydrogen) atoms. The van der Waals surface area contributed by atoms with Crippen molar-refractivity contribution in [3.63, 3.8) is 0 Å². The number of carbonyl (C=O) groups excluding carboxylic acids is 2. The van der Waals surface area contributed by atoms with E-state index in [2.05, 4.69) is 16.0 Å². The molecule has 0 spiro atoms. The number of anilines is 2. The van der Waals surface area contributed by atoms with Crippen molar-refractivity contribution in [3.05, 3.63) is 59.9 Å². The van der Waals surface area contributed by atoms with Crippen LogP contribution in [0.1, 0.15) is 37.7 Å². The summed E-state index contributed by atoms with van der Waals surface area (Å²) in [5.74, 6) is -0.380. The normalized spacial score (nSPS) is 17.5. The molecule has 2 aliphatic rings. The molecule has 140 valence electrons. The predicted molar refractivity (Wildman–Crippen MR) is 102 cm³/mol. The third-order valence-electron chi connectivity index (χ3n) is 5.35. The average molecular weight is 367 g/mol. The Morgan fingerprint density at radius 2 is 1.48 bits per heavy atom. The minimum Gasteiger partial charge on any atom is -0.335 e. The molecular weight excluding hydrogens is 345 g/mol. The highest BCUT2D eigenvalue weighted by molar-refractivity contribution is 6.00. The molecule has 0 aliphatic heterocycles. The summed E-state index contributed by atoms with van der Waals surface area (Å²) in [6, 6.07) is 13.3. The lowest BCUT2D eigenvalue weighted by Crippen LogP contribution is -2.46. The van der Waals surface area contributed by atoms with Crippen molar-refractivity contribution in [2.45, 2.75) is 43.6 Å². The minimum absolute atomic E-state index is 0.0763. The number of benzene rings is 2. The smallest absolute Gasteiger partial charge is 0.319 e. The number of carbonyl (C=O) groups is 2. The van der Waals surface area contributed by atoms with Gasteiger partial charge in [-0.2, -0.15) is 0 Å². The first kappa shape index (κ1) is 17.5. The van der Waals surface area contributed by atoms with Crippen molar-refractivity contribution in [2.24, 2.45) is 0 Å². The number of urea groups is 1. The SMILES string of the molecule is O=C(Nc1ccc(NC(=O)C2(c3ccc(F)cc3)CCC2)cc1)NC1CC1. The van der Waals surface area contributed by atoms with Crippen LogP contribution in [-0.2, 0) is 10.2 Å². The van der Waals surface area contributed by atoms with Gasteiger partial charge in [0.25, 0.3) is 0 Å². The Hall–Kier alpha value is -2.89. The summed E-state index contributed by atoms with van der Waals surface area (Å²) in [6.45, 7) is 0. The van der Waals surface area contributed by atoms with Gasteiger partial charge in [0.1, 0.15) is 5.82 Å². The fraction of sp³-hybridized carbons (Fsp3) is 0.333. The van der Waals surface area contributed by atoms with Crippen LogP contribution in [0.4, 0.5) is 20.6 Å². The molecule has 0 radical (unpaired) electrons. The summed E-state index contributed by atoms with van der Waals surface area (Å²) >= 11 is 0. The van der Waals surface area contributed by atoms with Gasteiger partial charge in [-0.3, -0.25) is 4.79 Å². The van der Waals surface area contributed by atoms with Crippen LogP contribution in [0.25, 0.3) is 0 Å². The molecule has 0 bridgehead atoms. The van der Waals surface area contributed by atoms with Crippen LogP contribution >= 0.6 is 0 Å². The van der Waals surface area contributed by atoms with E-state index in [0.717, 1.165) is 37.7 Å². The lowest BCUT2D eigenvalue weighted by Gasteiger charge is -2.40. The molecule has 2 saturated carbocycles. The zero-order chi connectivity index (χ0) is 18.9. The summed E-state index contributed by atoms with van der Waals surface area (Å²) in [5, 5.41) is 8.60. The Balaban J connectivity index is 1.41. The fourth-order valence-electron chi connectivity index (χ4n) is 3.41. The second kappa shape index (κ2) is 7.02. The fourth-order valence-corrected chi connectivity index (χ4v) is 3.41. The molecule has 2 aromatic rings. The third kappa shape index (κ3) is 3.79. The lowest BCUT2D eigenvalue weighted by atomic mass is 9.64. The van der Waals surface area contributed by atoms with E-state index < -0.39 is 5.41 Å². The molecule has 2 aromatic carbocycles. The highest BCUT2D eigenvalue weighted by atomic mass is 19.1. The molecule has 3 amide bonds. The van der Waals surface area contributed by atoms with Crippen LogP contribution < -0.4 is 16.0 Å². The molecule has 0 unspecified atom stereocenters. The number of halogens is 1. The Kier molecular flexibility index (Phi) is 4.56. The summed E-state index contributed by atoms with van der Waals surface area (Å²) in [5.41, 5.74) is 1.60. The van der Waals surface area contributed by atoms with Crippen LogP contribution in [0.3, 0.4) is 0 Å². The maximum atomic E-state index is 13.2. The van der Waals surface area contributed by atoms with E-state index in [4.69, 9.17) is 0 Å². The second-order valence-electron chi connectivity index (χ2n) is 7.35. The first-order valence-corrected chi connectivity index (χ1v) is 9.30. The van der Waals surface area contributed by atoms with Crippen LogP contribution in [0.5, 0.6) is 0 Å². The van der Waals surface area contributed by atoms with Crippen LogP contribution in [0, 0.1) is 5.82 Å². The van der Waals surface area contributed by atoms with Crippen LogP contribution in [0.15, 0.2) is 48.5 Å². The van der Waals surface area contributed by atoms with Gasteiger partial charge in [-0.1, -0.05) is 18.6 Å². The lowest BCUT2D eigenvalue weighted by molar-refractivity contribution is -0.124. The monoisotopic (exact) mass is 367 g/mol. The number of hydrogen-bond acceptors (Lipinski definition) is 2. The van der Waals surface area contributed by atoms with Gasteiger partial charge in [0.15, 0.2) is 0 Å². The van der Waals surface area contributed by atoms with E-state index in [1.807, 2.05) is 0 Å². The molecule has 0 aromatic heterocycles. The van der Waals surface area contributed by atoms with E-state index in [9.17, 15) is 14.0 Å². The summed E-state index contributed by atoms with van der Waals surface area (Å²) in [4.78, 5) is 24.7. The Morgan fingerprint density at radius 3 is 2.00 bits per heavy atom. The van der Waals surface area contributed by atoms with Gasteiger partial charge in [0, 0.05) is 17.4 Å². The van der Waals surface area contributed by atoms with E-state index in [-0.39, 0.29) is 17.8 Å².